The van der Waals surface area contributed by atoms with Crippen LogP contribution in [0.25, 0.3) is 5.69 Å². The predicted octanol–water partition coefficient (Wildman–Crippen LogP) is 1.05. The molecule has 0 saturated carbocycles. The lowest BCUT2D eigenvalue weighted by Gasteiger charge is -2.10. The van der Waals surface area contributed by atoms with Crippen LogP contribution >= 0.6 is 11.8 Å². The van der Waals surface area contributed by atoms with Gasteiger partial charge < -0.3 is 10.5 Å². The Kier molecular flexibility index (Phi) is 6.13. The second-order valence-corrected chi connectivity index (χ2v) is 5.98. The number of nitrogens with two attached hydrogens (primary N) is 1. The SMILES string of the molecule is COc1ccc(C)cc1-n1nnnc1SCCCC(=O)NC(N)=O. The van der Waals surface area contributed by atoms with Crippen molar-refractivity contribution in [2.24, 2.45) is 5.73 Å². The van der Waals surface area contributed by atoms with Gasteiger partial charge in [0, 0.05) is 12.2 Å². The van der Waals surface area contributed by atoms with Gasteiger partial charge in [0.25, 0.3) is 0 Å². The first-order chi connectivity index (χ1) is 11.5. The van der Waals surface area contributed by atoms with Gasteiger partial charge in [-0.3, -0.25) is 10.1 Å². The minimum absolute atomic E-state index is 0.200. The summed E-state index contributed by atoms with van der Waals surface area (Å²) in [5.74, 6) is 0.874. The smallest absolute Gasteiger partial charge is 0.318 e. The molecule has 128 valence electrons. The van der Waals surface area contributed by atoms with Crippen LogP contribution in [0.15, 0.2) is 23.4 Å². The van der Waals surface area contributed by atoms with Crippen LogP contribution in [0.4, 0.5) is 4.79 Å². The number of nitrogens with one attached hydrogen (secondary N) is 1. The van der Waals surface area contributed by atoms with Crippen molar-refractivity contribution < 1.29 is 14.3 Å². The highest BCUT2D eigenvalue weighted by molar-refractivity contribution is 7.99. The number of primary amides is 1. The number of hydrogen-bond acceptors (Lipinski definition) is 7. The van der Waals surface area contributed by atoms with Crippen molar-refractivity contribution in [3.8, 4) is 11.4 Å². The predicted molar refractivity (Wildman–Crippen MR) is 88.1 cm³/mol. The third-order valence-electron chi connectivity index (χ3n) is 3.05. The number of rotatable bonds is 7. The number of imide groups is 1. The molecule has 1 aromatic carbocycles. The second kappa shape index (κ2) is 8.29. The highest BCUT2D eigenvalue weighted by atomic mass is 32.2. The van der Waals surface area contributed by atoms with E-state index < -0.39 is 11.9 Å². The van der Waals surface area contributed by atoms with Crippen molar-refractivity contribution in [1.82, 2.24) is 25.5 Å². The number of aryl methyl sites for hydroxylation is 1. The summed E-state index contributed by atoms with van der Waals surface area (Å²) in [4.78, 5) is 21.9. The highest BCUT2D eigenvalue weighted by Gasteiger charge is 2.14. The van der Waals surface area contributed by atoms with E-state index >= 15 is 0 Å². The molecular formula is C14H18N6O3S. The quantitative estimate of drug-likeness (QED) is 0.564. The summed E-state index contributed by atoms with van der Waals surface area (Å²) in [5.41, 5.74) is 6.68. The summed E-state index contributed by atoms with van der Waals surface area (Å²) in [6.07, 6.45) is 0.757. The van der Waals surface area contributed by atoms with Crippen LogP contribution in [0.2, 0.25) is 0 Å². The van der Waals surface area contributed by atoms with E-state index in [-0.39, 0.29) is 6.42 Å². The van der Waals surface area contributed by atoms with Crippen LogP contribution in [0, 0.1) is 6.92 Å². The van der Waals surface area contributed by atoms with Gasteiger partial charge in [-0.2, -0.15) is 4.68 Å². The van der Waals surface area contributed by atoms with Crippen molar-refractivity contribution in [2.45, 2.75) is 24.9 Å². The number of aromatic nitrogens is 4. The molecule has 3 amide bonds. The standard InChI is InChI=1S/C14H18N6O3S/c1-9-5-6-11(23-2)10(8-9)20-14(17-18-19-20)24-7-3-4-12(21)16-13(15)22/h5-6,8H,3-4,7H2,1-2H3,(H3,15,16,21,22). The van der Waals surface area contributed by atoms with E-state index in [0.29, 0.717) is 23.1 Å². The van der Waals surface area contributed by atoms with Crippen molar-refractivity contribution in [1.29, 1.82) is 0 Å². The molecule has 0 bridgehead atoms. The Morgan fingerprint density at radius 3 is 2.92 bits per heavy atom. The number of carbonyl (C=O) groups excluding carboxylic acids is 2. The maximum atomic E-state index is 11.3. The lowest BCUT2D eigenvalue weighted by Crippen LogP contribution is -2.34. The Morgan fingerprint density at radius 1 is 1.42 bits per heavy atom. The summed E-state index contributed by atoms with van der Waals surface area (Å²) >= 11 is 1.41. The summed E-state index contributed by atoms with van der Waals surface area (Å²) in [6, 6.07) is 4.88. The third kappa shape index (κ3) is 4.69. The minimum Gasteiger partial charge on any atom is -0.494 e. The van der Waals surface area contributed by atoms with Crippen molar-refractivity contribution >= 4 is 23.7 Å². The topological polar surface area (TPSA) is 125 Å². The average Bonchev–Trinajstić information content (AvgIpc) is 2.99. The van der Waals surface area contributed by atoms with Gasteiger partial charge in [-0.25, -0.2) is 4.79 Å². The molecule has 0 fully saturated rings. The number of amides is 3. The molecule has 0 aliphatic heterocycles. The minimum atomic E-state index is -0.844. The molecule has 1 heterocycles. The Bertz CT molecular complexity index is 733. The number of hydrogen-bond donors (Lipinski definition) is 2. The zero-order valence-electron chi connectivity index (χ0n) is 13.4. The molecule has 0 unspecified atom stereocenters. The van der Waals surface area contributed by atoms with E-state index in [0.717, 1.165) is 11.3 Å². The largest absolute Gasteiger partial charge is 0.494 e. The fourth-order valence-corrected chi connectivity index (χ4v) is 2.80. The molecule has 3 N–H and O–H groups in total. The van der Waals surface area contributed by atoms with Crippen LogP contribution < -0.4 is 15.8 Å². The van der Waals surface area contributed by atoms with E-state index in [1.165, 1.54) is 11.8 Å². The van der Waals surface area contributed by atoms with Gasteiger partial charge in [-0.15, -0.1) is 5.10 Å². The number of urea groups is 1. The molecule has 0 saturated heterocycles. The molecule has 1 aromatic heterocycles. The Labute approximate surface area is 142 Å². The van der Waals surface area contributed by atoms with Gasteiger partial charge in [0.1, 0.15) is 11.4 Å². The van der Waals surface area contributed by atoms with Gasteiger partial charge >= 0.3 is 6.03 Å². The zero-order valence-corrected chi connectivity index (χ0v) is 14.2. The molecule has 0 atom stereocenters. The van der Waals surface area contributed by atoms with Crippen LogP contribution in [-0.2, 0) is 4.79 Å². The van der Waals surface area contributed by atoms with Crippen LogP contribution in [0.1, 0.15) is 18.4 Å². The van der Waals surface area contributed by atoms with Crippen molar-refractivity contribution in [3.63, 3.8) is 0 Å². The molecule has 10 heteroatoms. The van der Waals surface area contributed by atoms with E-state index in [1.54, 1.807) is 11.8 Å². The van der Waals surface area contributed by atoms with E-state index in [2.05, 4.69) is 15.5 Å². The molecule has 2 rings (SSSR count). The van der Waals surface area contributed by atoms with Gasteiger partial charge in [0.15, 0.2) is 0 Å². The van der Waals surface area contributed by atoms with E-state index in [4.69, 9.17) is 10.5 Å². The lowest BCUT2D eigenvalue weighted by molar-refractivity contribution is -0.119. The Morgan fingerprint density at radius 2 is 2.21 bits per heavy atom. The average molecular weight is 350 g/mol. The van der Waals surface area contributed by atoms with E-state index in [1.807, 2.05) is 30.4 Å². The maximum absolute atomic E-state index is 11.3. The van der Waals surface area contributed by atoms with Crippen molar-refractivity contribution in [2.75, 3.05) is 12.9 Å². The van der Waals surface area contributed by atoms with Gasteiger partial charge in [0.05, 0.1) is 7.11 Å². The number of ether oxygens (including phenoxy) is 1. The first-order valence-corrected chi connectivity index (χ1v) is 8.15. The molecular weight excluding hydrogens is 332 g/mol. The molecule has 0 radical (unpaired) electrons. The van der Waals surface area contributed by atoms with Gasteiger partial charge in [-0.1, -0.05) is 17.8 Å². The Hall–Kier alpha value is -2.62. The molecule has 0 aliphatic rings. The van der Waals surface area contributed by atoms with Crippen LogP contribution in [-0.4, -0.2) is 45.0 Å². The summed E-state index contributed by atoms with van der Waals surface area (Å²) in [6.45, 7) is 1.97. The third-order valence-corrected chi connectivity index (χ3v) is 4.05. The van der Waals surface area contributed by atoms with Gasteiger partial charge in [0.2, 0.25) is 11.1 Å². The Balaban J connectivity index is 2.00. The summed E-state index contributed by atoms with van der Waals surface area (Å²) < 4.78 is 6.95. The molecule has 2 aromatic rings. The lowest BCUT2D eigenvalue weighted by atomic mass is 10.2. The fourth-order valence-electron chi connectivity index (χ4n) is 1.98. The van der Waals surface area contributed by atoms with E-state index in [9.17, 15) is 9.59 Å². The highest BCUT2D eigenvalue weighted by Crippen LogP contribution is 2.27. The van der Waals surface area contributed by atoms with Gasteiger partial charge in [-0.05, 0) is 41.5 Å². The van der Waals surface area contributed by atoms with Crippen molar-refractivity contribution in [3.05, 3.63) is 23.8 Å². The normalized spacial score (nSPS) is 10.4. The second-order valence-electron chi connectivity index (χ2n) is 4.91. The fraction of sp³-hybridized carbons (Fsp3) is 0.357. The first kappa shape index (κ1) is 17.7. The van der Waals surface area contributed by atoms with Crippen LogP contribution in [0.5, 0.6) is 5.75 Å². The molecule has 0 aliphatic carbocycles. The number of thioether (sulfide) groups is 1. The monoisotopic (exact) mass is 350 g/mol. The number of nitrogens with zero attached hydrogens (tertiary/aromatic N) is 4. The maximum Gasteiger partial charge on any atom is 0.318 e. The molecule has 0 spiro atoms. The zero-order chi connectivity index (χ0) is 17.5. The first-order valence-electron chi connectivity index (χ1n) is 7.16. The summed E-state index contributed by atoms with van der Waals surface area (Å²) in [5, 5.41) is 14.3. The number of carbonyl (C=O) groups is 2. The molecule has 24 heavy (non-hydrogen) atoms. The number of methoxy groups -OCH3 is 1. The number of tetrazole rings is 1. The molecule has 9 nitrogen and oxygen atoms in total. The summed E-state index contributed by atoms with van der Waals surface area (Å²) in [7, 11) is 1.59. The van der Waals surface area contributed by atoms with Crippen LogP contribution in [0.3, 0.4) is 0 Å². The number of benzene rings is 1.